The summed E-state index contributed by atoms with van der Waals surface area (Å²) in [7, 11) is -10.2. The first-order chi connectivity index (χ1) is 12.2. The lowest BCUT2D eigenvalue weighted by atomic mass is 10.1. The van der Waals surface area contributed by atoms with Crippen molar-refractivity contribution < 1.29 is 55.3 Å². The van der Waals surface area contributed by atoms with Crippen LogP contribution >= 0.6 is 0 Å². The molecule has 1 aliphatic heterocycles. The molecule has 5 N–H and O–H groups in total. The summed E-state index contributed by atoms with van der Waals surface area (Å²) < 4.78 is 59.5. The summed E-state index contributed by atoms with van der Waals surface area (Å²) in [5.74, 6) is -4.56. The van der Waals surface area contributed by atoms with Crippen LogP contribution in [0.5, 0.6) is 0 Å². The fourth-order valence-corrected chi connectivity index (χ4v) is 4.40. The number of carboxylic acid groups (broad SMARTS) is 2. The standard InChI is InChI=1S/C8H14O4.C4H5NO8S2/c9-7(10)5-3-1-2-4-6-8(11)12;6-3-1(14(8,9)10)2(4(7)5-3)15(11,12)13/h1-6H2,(H,9,10)(H,11,12);1-2H,(H,5,6,7)(H,8,9,10)(H,11,12,13). The summed E-state index contributed by atoms with van der Waals surface area (Å²) in [6, 6.07) is 0. The summed E-state index contributed by atoms with van der Waals surface area (Å²) in [4.78, 5) is 41.8. The quantitative estimate of drug-likeness (QED) is 0.161. The van der Waals surface area contributed by atoms with Crippen LogP contribution in [0.1, 0.15) is 38.5 Å². The van der Waals surface area contributed by atoms with Gasteiger partial charge in [-0.3, -0.25) is 33.6 Å². The molecule has 15 heteroatoms. The minimum Gasteiger partial charge on any atom is -0.481 e. The average Bonchev–Trinajstić information content (AvgIpc) is 2.77. The number of amides is 2. The molecule has 0 aliphatic carbocycles. The lowest BCUT2D eigenvalue weighted by molar-refractivity contribution is -0.138. The van der Waals surface area contributed by atoms with Gasteiger partial charge in [0.2, 0.25) is 11.8 Å². The Morgan fingerprint density at radius 1 is 0.741 bits per heavy atom. The zero-order chi connectivity index (χ0) is 21.4. The number of nitrogens with one attached hydrogen (secondary N) is 1. The molecule has 13 nitrogen and oxygen atoms in total. The Labute approximate surface area is 154 Å². The third kappa shape index (κ3) is 9.41. The molecule has 1 heterocycles. The fourth-order valence-electron chi connectivity index (χ4n) is 2.03. The number of carboxylic acids is 2. The van der Waals surface area contributed by atoms with Gasteiger partial charge in [0.25, 0.3) is 20.2 Å². The number of aliphatic carboxylic acids is 2. The predicted molar refractivity (Wildman–Crippen MR) is 86.8 cm³/mol. The highest BCUT2D eigenvalue weighted by Crippen LogP contribution is 2.18. The molecule has 1 saturated heterocycles. The molecule has 0 aromatic carbocycles. The normalized spacial score (nSPS) is 19.8. The van der Waals surface area contributed by atoms with Gasteiger partial charge in [-0.2, -0.15) is 16.8 Å². The van der Waals surface area contributed by atoms with E-state index in [9.17, 15) is 36.0 Å². The number of unbranched alkanes of at least 4 members (excludes halogenated alkanes) is 3. The summed E-state index contributed by atoms with van der Waals surface area (Å²) in [6.45, 7) is 0. The van der Waals surface area contributed by atoms with Gasteiger partial charge >= 0.3 is 11.9 Å². The average molecular weight is 433 g/mol. The highest BCUT2D eigenvalue weighted by molar-refractivity contribution is 7.91. The predicted octanol–water partition coefficient (Wildman–Crippen LogP) is -1.35. The van der Waals surface area contributed by atoms with Gasteiger partial charge in [0.05, 0.1) is 0 Å². The second-order valence-corrected chi connectivity index (χ2v) is 8.50. The summed E-state index contributed by atoms with van der Waals surface area (Å²) in [5.41, 5.74) is 0. The van der Waals surface area contributed by atoms with Gasteiger partial charge in [0, 0.05) is 12.8 Å². The Balaban J connectivity index is 0.000000516. The Bertz CT molecular complexity index is 719. The van der Waals surface area contributed by atoms with Gasteiger partial charge < -0.3 is 10.2 Å². The van der Waals surface area contributed by atoms with Crippen molar-refractivity contribution in [3.05, 3.63) is 0 Å². The van der Waals surface area contributed by atoms with Gasteiger partial charge in [-0.25, -0.2) is 0 Å². The third-order valence-corrected chi connectivity index (χ3v) is 5.64. The molecule has 0 aromatic heterocycles. The third-order valence-electron chi connectivity index (χ3n) is 3.21. The summed E-state index contributed by atoms with van der Waals surface area (Å²) >= 11 is 0. The molecule has 156 valence electrons. The van der Waals surface area contributed by atoms with Gasteiger partial charge in [0.1, 0.15) is 0 Å². The first-order valence-corrected chi connectivity index (χ1v) is 10.4. The minimum atomic E-state index is -5.09. The topological polar surface area (TPSA) is 230 Å². The summed E-state index contributed by atoms with van der Waals surface area (Å²) in [5, 5.41) is 12.8. The molecule has 2 atom stereocenters. The van der Waals surface area contributed by atoms with Gasteiger partial charge in [0.15, 0.2) is 10.5 Å². The molecule has 0 spiro atoms. The van der Waals surface area contributed by atoms with Crippen molar-refractivity contribution in [2.45, 2.75) is 49.0 Å². The van der Waals surface area contributed by atoms with E-state index in [1.54, 1.807) is 0 Å². The second-order valence-electron chi connectivity index (χ2n) is 5.43. The van der Waals surface area contributed by atoms with E-state index in [1.165, 1.54) is 5.32 Å². The van der Waals surface area contributed by atoms with Crippen LogP contribution in [-0.4, -0.2) is 70.4 Å². The molecule has 1 rings (SSSR count). The number of rotatable bonds is 9. The lowest BCUT2D eigenvalue weighted by Crippen LogP contribution is -2.41. The van der Waals surface area contributed by atoms with E-state index < -0.39 is 54.5 Å². The van der Waals surface area contributed by atoms with Gasteiger partial charge in [-0.15, -0.1) is 0 Å². The molecular weight excluding hydrogens is 414 g/mol. The highest BCUT2D eigenvalue weighted by Gasteiger charge is 2.55. The van der Waals surface area contributed by atoms with E-state index in [-0.39, 0.29) is 12.8 Å². The Morgan fingerprint density at radius 3 is 1.26 bits per heavy atom. The number of carbonyl (C=O) groups excluding carboxylic acids is 2. The molecule has 1 aliphatic rings. The van der Waals surface area contributed by atoms with Crippen molar-refractivity contribution in [1.82, 2.24) is 5.32 Å². The van der Waals surface area contributed by atoms with Crippen molar-refractivity contribution in [2.75, 3.05) is 0 Å². The maximum absolute atomic E-state index is 10.8. The van der Waals surface area contributed by atoms with Crippen LogP contribution in [0.4, 0.5) is 0 Å². The van der Waals surface area contributed by atoms with Crippen molar-refractivity contribution >= 4 is 44.0 Å². The Hall–Kier alpha value is -2.10. The van der Waals surface area contributed by atoms with Crippen LogP contribution in [0, 0.1) is 0 Å². The van der Waals surface area contributed by atoms with Crippen molar-refractivity contribution in [3.63, 3.8) is 0 Å². The molecule has 2 unspecified atom stereocenters. The number of hydrogen-bond donors (Lipinski definition) is 5. The van der Waals surface area contributed by atoms with E-state index in [2.05, 4.69) is 0 Å². The zero-order valence-electron chi connectivity index (χ0n) is 13.8. The second kappa shape index (κ2) is 10.3. The van der Waals surface area contributed by atoms with E-state index >= 15 is 0 Å². The molecule has 0 radical (unpaired) electrons. The molecule has 0 aromatic rings. The number of imide groups is 1. The van der Waals surface area contributed by atoms with Crippen LogP contribution < -0.4 is 5.32 Å². The molecule has 0 bridgehead atoms. The van der Waals surface area contributed by atoms with Gasteiger partial charge in [-0.1, -0.05) is 12.8 Å². The van der Waals surface area contributed by atoms with Crippen LogP contribution in [0.3, 0.4) is 0 Å². The molecule has 2 amide bonds. The maximum Gasteiger partial charge on any atom is 0.303 e. The van der Waals surface area contributed by atoms with E-state index in [1.807, 2.05) is 0 Å². The fraction of sp³-hybridized carbons (Fsp3) is 0.667. The monoisotopic (exact) mass is 433 g/mol. The molecule has 1 fully saturated rings. The zero-order valence-corrected chi connectivity index (χ0v) is 15.4. The first-order valence-electron chi connectivity index (χ1n) is 7.38. The number of hydrogen-bond acceptors (Lipinski definition) is 8. The Morgan fingerprint density at radius 2 is 1.04 bits per heavy atom. The first kappa shape index (κ1) is 24.9. The van der Waals surface area contributed by atoms with Crippen LogP contribution in [0.2, 0.25) is 0 Å². The van der Waals surface area contributed by atoms with Crippen molar-refractivity contribution in [1.29, 1.82) is 0 Å². The maximum atomic E-state index is 10.8. The smallest absolute Gasteiger partial charge is 0.303 e. The largest absolute Gasteiger partial charge is 0.481 e. The Kier molecular flexibility index (Phi) is 9.49. The minimum absolute atomic E-state index is 0.188. The molecular formula is C12H19NO12S2. The van der Waals surface area contributed by atoms with E-state index in [4.69, 9.17) is 19.3 Å². The van der Waals surface area contributed by atoms with Crippen LogP contribution in [-0.2, 0) is 39.4 Å². The van der Waals surface area contributed by atoms with Crippen molar-refractivity contribution in [3.8, 4) is 0 Å². The number of carbonyl (C=O) groups is 4. The van der Waals surface area contributed by atoms with Crippen LogP contribution in [0.15, 0.2) is 0 Å². The molecule has 27 heavy (non-hydrogen) atoms. The summed E-state index contributed by atoms with van der Waals surface area (Å²) in [6.07, 6.45) is 3.28. The van der Waals surface area contributed by atoms with Crippen molar-refractivity contribution in [2.24, 2.45) is 0 Å². The van der Waals surface area contributed by atoms with E-state index in [0.29, 0.717) is 12.8 Å². The van der Waals surface area contributed by atoms with Gasteiger partial charge in [-0.05, 0) is 12.8 Å². The molecule has 0 saturated carbocycles. The lowest BCUT2D eigenvalue weighted by Gasteiger charge is -2.08. The SMILES string of the molecule is O=C(O)CCCCCCC(=O)O.O=C1NC(=O)C(S(=O)(=O)O)C1S(=O)(=O)O. The van der Waals surface area contributed by atoms with E-state index in [0.717, 1.165) is 12.8 Å². The van der Waals surface area contributed by atoms with Crippen LogP contribution in [0.25, 0.3) is 0 Å². The highest BCUT2D eigenvalue weighted by atomic mass is 32.2.